The van der Waals surface area contributed by atoms with E-state index >= 15 is 0 Å². The molecule has 2 aromatic carbocycles. The molecule has 1 aliphatic heterocycles. The van der Waals surface area contributed by atoms with Crippen molar-refractivity contribution in [1.82, 2.24) is 14.5 Å². The van der Waals surface area contributed by atoms with Crippen LogP contribution in [0.5, 0.6) is 0 Å². The minimum atomic E-state index is -0.560. The molecule has 9 nitrogen and oxygen atoms in total. The summed E-state index contributed by atoms with van der Waals surface area (Å²) in [5.41, 5.74) is 2.39. The number of nitrogens with zero attached hydrogens (tertiary/aromatic N) is 3. The van der Waals surface area contributed by atoms with Crippen LogP contribution in [0.2, 0.25) is 0 Å². The third-order valence-corrected chi connectivity index (χ3v) is 5.71. The Labute approximate surface area is 180 Å². The van der Waals surface area contributed by atoms with E-state index in [0.29, 0.717) is 32.9 Å². The number of rotatable bonds is 3. The highest BCUT2D eigenvalue weighted by molar-refractivity contribution is 6.50. The number of para-hydroxylation sites is 1. The largest absolute Gasteiger partial charge is 0.350 e. The van der Waals surface area contributed by atoms with Crippen molar-refractivity contribution >= 4 is 56.4 Å². The maximum atomic E-state index is 12.9. The molecule has 0 atom stereocenters. The highest BCUT2D eigenvalue weighted by atomic mass is 16.6. The van der Waals surface area contributed by atoms with Crippen molar-refractivity contribution < 1.29 is 19.3 Å². The number of imide groups is 1. The number of nitro benzene ring substituents is 1. The second-order valence-electron chi connectivity index (χ2n) is 7.59. The van der Waals surface area contributed by atoms with E-state index in [-0.39, 0.29) is 22.7 Å². The fraction of sp³-hybridized carbons (Fsp3) is 0.0870. The van der Waals surface area contributed by atoms with E-state index in [1.54, 1.807) is 54.3 Å². The molecule has 0 saturated carbocycles. The molecular weight excluding hydrogens is 412 g/mol. The number of amides is 2. The summed E-state index contributed by atoms with van der Waals surface area (Å²) in [6, 6.07) is 11.5. The van der Waals surface area contributed by atoms with Gasteiger partial charge in [0.15, 0.2) is 0 Å². The first kappa shape index (κ1) is 19.4. The highest BCUT2D eigenvalue weighted by Gasteiger charge is 2.35. The number of fused-ring (bicyclic) bond motifs is 2. The van der Waals surface area contributed by atoms with E-state index in [1.165, 1.54) is 23.6 Å². The molecule has 0 fully saturated rings. The summed E-state index contributed by atoms with van der Waals surface area (Å²) >= 11 is 0. The summed E-state index contributed by atoms with van der Waals surface area (Å²) in [7, 11) is 1.71. The predicted molar refractivity (Wildman–Crippen MR) is 118 cm³/mol. The number of non-ortho nitro benzene ring substituents is 1. The number of hydrogen-bond acceptors (Lipinski definition) is 5. The standard InChI is InChI=1S/C23H16N4O5/c1-12(28)26-11-17(14-5-3-4-6-18(14)26)21-20(22(29)24-23(21)30)16-10-25(2)19-9-13(27(31)32)7-8-15(16)19/h3-11H,1-2H3,(H,24,29,30). The number of carbonyl (C=O) groups excluding carboxylic acids is 3. The molecule has 0 aliphatic carbocycles. The Kier molecular flexibility index (Phi) is 4.09. The third kappa shape index (κ3) is 2.68. The van der Waals surface area contributed by atoms with Crippen molar-refractivity contribution in [2.24, 2.45) is 7.05 Å². The summed E-state index contributed by atoms with van der Waals surface area (Å²) in [6.45, 7) is 1.42. The fourth-order valence-electron chi connectivity index (χ4n) is 4.29. The zero-order valence-electron chi connectivity index (χ0n) is 17.1. The van der Waals surface area contributed by atoms with Crippen LogP contribution in [0, 0.1) is 10.1 Å². The Morgan fingerprint density at radius 3 is 2.22 bits per heavy atom. The minimum absolute atomic E-state index is 0.0732. The minimum Gasteiger partial charge on any atom is -0.350 e. The van der Waals surface area contributed by atoms with Crippen molar-refractivity contribution in [3.05, 3.63) is 76.1 Å². The van der Waals surface area contributed by atoms with Gasteiger partial charge in [-0.25, -0.2) is 0 Å². The van der Waals surface area contributed by atoms with Gasteiger partial charge >= 0.3 is 0 Å². The van der Waals surface area contributed by atoms with Gasteiger partial charge in [0.25, 0.3) is 17.5 Å². The zero-order valence-corrected chi connectivity index (χ0v) is 17.1. The van der Waals surface area contributed by atoms with Gasteiger partial charge in [-0.2, -0.15) is 0 Å². The lowest BCUT2D eigenvalue weighted by Gasteiger charge is -2.03. The number of aromatic nitrogens is 2. The fourth-order valence-corrected chi connectivity index (χ4v) is 4.29. The quantitative estimate of drug-likeness (QED) is 0.305. The van der Waals surface area contributed by atoms with Crippen LogP contribution in [0.15, 0.2) is 54.9 Å². The molecule has 4 aromatic rings. The lowest BCUT2D eigenvalue weighted by Crippen LogP contribution is -2.22. The lowest BCUT2D eigenvalue weighted by molar-refractivity contribution is -0.384. The van der Waals surface area contributed by atoms with Crippen LogP contribution in [0.1, 0.15) is 22.8 Å². The Balaban J connectivity index is 1.84. The van der Waals surface area contributed by atoms with Gasteiger partial charge in [0.1, 0.15) is 0 Å². The molecule has 3 heterocycles. The number of benzene rings is 2. The van der Waals surface area contributed by atoms with Gasteiger partial charge < -0.3 is 4.57 Å². The molecule has 0 radical (unpaired) electrons. The van der Waals surface area contributed by atoms with Crippen molar-refractivity contribution in [2.45, 2.75) is 6.92 Å². The highest BCUT2D eigenvalue weighted by Crippen LogP contribution is 2.39. The van der Waals surface area contributed by atoms with Gasteiger partial charge in [-0.05, 0) is 12.1 Å². The maximum absolute atomic E-state index is 12.9. The first-order valence-electron chi connectivity index (χ1n) is 9.73. The normalized spacial score (nSPS) is 13.9. The SMILES string of the molecule is CC(=O)n1cc(C2=C(c3cn(C)c4cc([N+](=O)[O-])ccc34)C(=O)NC2=O)c2ccccc21. The van der Waals surface area contributed by atoms with Crippen LogP contribution < -0.4 is 5.32 Å². The Bertz CT molecular complexity index is 1550. The molecular formula is C23H16N4O5. The molecule has 2 aromatic heterocycles. The van der Waals surface area contributed by atoms with E-state index in [2.05, 4.69) is 5.32 Å². The van der Waals surface area contributed by atoms with Crippen molar-refractivity contribution in [3.8, 4) is 0 Å². The van der Waals surface area contributed by atoms with Crippen LogP contribution in [-0.2, 0) is 16.6 Å². The molecule has 9 heteroatoms. The Morgan fingerprint density at radius 1 is 0.938 bits per heavy atom. The lowest BCUT2D eigenvalue weighted by atomic mass is 9.95. The molecule has 1 aliphatic rings. The number of carbonyl (C=O) groups is 3. The van der Waals surface area contributed by atoms with E-state index in [9.17, 15) is 24.5 Å². The molecule has 1 N–H and O–H groups in total. The zero-order chi connectivity index (χ0) is 22.7. The number of nitrogens with one attached hydrogen (secondary N) is 1. The van der Waals surface area contributed by atoms with Crippen LogP contribution in [0.25, 0.3) is 33.0 Å². The third-order valence-electron chi connectivity index (χ3n) is 5.71. The number of nitro groups is 1. The summed E-state index contributed by atoms with van der Waals surface area (Å²) in [6.07, 6.45) is 3.24. The smallest absolute Gasteiger partial charge is 0.271 e. The van der Waals surface area contributed by atoms with Crippen LogP contribution >= 0.6 is 0 Å². The average Bonchev–Trinajstić information content (AvgIpc) is 3.38. The molecule has 32 heavy (non-hydrogen) atoms. The van der Waals surface area contributed by atoms with Crippen LogP contribution in [0.3, 0.4) is 0 Å². The van der Waals surface area contributed by atoms with E-state index in [4.69, 9.17) is 0 Å². The molecule has 0 bridgehead atoms. The average molecular weight is 428 g/mol. The maximum Gasteiger partial charge on any atom is 0.271 e. The van der Waals surface area contributed by atoms with E-state index < -0.39 is 16.7 Å². The van der Waals surface area contributed by atoms with Gasteiger partial charge in [0, 0.05) is 60.4 Å². The van der Waals surface area contributed by atoms with Gasteiger partial charge in [0.05, 0.1) is 27.1 Å². The van der Waals surface area contributed by atoms with Crippen LogP contribution in [0.4, 0.5) is 5.69 Å². The predicted octanol–water partition coefficient (Wildman–Crippen LogP) is 3.27. The molecule has 0 saturated heterocycles. The summed E-state index contributed by atoms with van der Waals surface area (Å²) in [4.78, 5) is 48.7. The van der Waals surface area contributed by atoms with E-state index in [0.717, 1.165) is 0 Å². The van der Waals surface area contributed by atoms with Crippen LogP contribution in [-0.4, -0.2) is 31.8 Å². The van der Waals surface area contributed by atoms with Gasteiger partial charge in [-0.3, -0.25) is 34.4 Å². The van der Waals surface area contributed by atoms with Crippen molar-refractivity contribution in [2.75, 3.05) is 0 Å². The summed E-state index contributed by atoms with van der Waals surface area (Å²) in [5.74, 6) is -1.34. The first-order chi connectivity index (χ1) is 15.3. The molecule has 0 unspecified atom stereocenters. The Hall–Kier alpha value is -4.53. The molecule has 2 amide bonds. The van der Waals surface area contributed by atoms with E-state index in [1.807, 2.05) is 0 Å². The molecule has 158 valence electrons. The molecule has 0 spiro atoms. The first-order valence-corrected chi connectivity index (χ1v) is 9.73. The monoisotopic (exact) mass is 428 g/mol. The second-order valence-corrected chi connectivity index (χ2v) is 7.59. The number of hydrogen-bond donors (Lipinski definition) is 1. The Morgan fingerprint density at radius 2 is 1.56 bits per heavy atom. The second kappa shape index (κ2) is 6.74. The molecule has 5 rings (SSSR count). The van der Waals surface area contributed by atoms with Crippen molar-refractivity contribution in [3.63, 3.8) is 0 Å². The van der Waals surface area contributed by atoms with Gasteiger partial charge in [0.2, 0.25) is 5.91 Å². The van der Waals surface area contributed by atoms with Gasteiger partial charge in [-0.15, -0.1) is 0 Å². The topological polar surface area (TPSA) is 116 Å². The van der Waals surface area contributed by atoms with Crippen molar-refractivity contribution in [1.29, 1.82) is 0 Å². The number of aryl methyl sites for hydroxylation is 1. The van der Waals surface area contributed by atoms with Gasteiger partial charge in [-0.1, -0.05) is 18.2 Å². The summed E-state index contributed by atoms with van der Waals surface area (Å²) < 4.78 is 3.12. The summed E-state index contributed by atoms with van der Waals surface area (Å²) in [5, 5.41) is 14.8.